The number of carbonyl (C=O) groups is 1. The zero-order valence-electron chi connectivity index (χ0n) is 10.0. The number of aromatic nitrogens is 1. The number of aryl methyl sites for hydroxylation is 1. The Balaban J connectivity index is 0.00000144. The number of halogens is 2. The third kappa shape index (κ3) is 4.78. The lowest BCUT2D eigenvalue weighted by Crippen LogP contribution is -2.48. The molecule has 1 fully saturated rings. The lowest BCUT2D eigenvalue weighted by atomic mass is 10.2. The molecule has 1 unspecified atom stereocenters. The maximum Gasteiger partial charge on any atom is 0.243 e. The molecule has 0 radical (unpaired) electrons. The predicted octanol–water partition coefficient (Wildman–Crippen LogP) is 1.16. The van der Waals surface area contributed by atoms with E-state index in [0.29, 0.717) is 19.8 Å². The second-order valence-electron chi connectivity index (χ2n) is 3.82. The number of morpholine rings is 1. The number of hydrogen-bond acceptors (Lipinski definition) is 4. The predicted molar refractivity (Wildman–Crippen MR) is 74.7 cm³/mol. The molecular weight excluding hydrogens is 277 g/mol. The van der Waals surface area contributed by atoms with Crippen molar-refractivity contribution in [2.45, 2.75) is 13.0 Å². The first kappa shape index (κ1) is 17.1. The molecule has 2 rings (SSSR count). The number of hydrogen-bond donors (Lipinski definition) is 2. The highest BCUT2D eigenvalue weighted by atomic mass is 35.5. The van der Waals surface area contributed by atoms with Crippen LogP contribution in [0.15, 0.2) is 18.5 Å². The van der Waals surface area contributed by atoms with Crippen molar-refractivity contribution in [2.75, 3.05) is 25.1 Å². The lowest BCUT2D eigenvalue weighted by molar-refractivity contribution is -0.120. The van der Waals surface area contributed by atoms with Gasteiger partial charge >= 0.3 is 0 Å². The summed E-state index contributed by atoms with van der Waals surface area (Å²) in [6.07, 6.45) is 3.38. The summed E-state index contributed by atoms with van der Waals surface area (Å²) in [6.45, 7) is 3.73. The standard InChI is InChI=1S/C11H15N3O2.2ClH/c1-8-4-9(6-12-5-8)14-11(15)10-7-16-3-2-13-10;;/h4-6,10,13H,2-3,7H2,1H3,(H,14,15);2*1H. The van der Waals surface area contributed by atoms with Crippen molar-refractivity contribution in [3.05, 3.63) is 24.0 Å². The van der Waals surface area contributed by atoms with Gasteiger partial charge in [-0.2, -0.15) is 0 Å². The van der Waals surface area contributed by atoms with E-state index in [1.165, 1.54) is 0 Å². The SMILES string of the molecule is Cc1cncc(NC(=O)C2COCCN2)c1.Cl.Cl. The van der Waals surface area contributed by atoms with Crippen molar-refractivity contribution < 1.29 is 9.53 Å². The molecule has 1 atom stereocenters. The van der Waals surface area contributed by atoms with Gasteiger partial charge in [0.05, 0.1) is 25.1 Å². The van der Waals surface area contributed by atoms with Gasteiger partial charge in [-0.15, -0.1) is 24.8 Å². The monoisotopic (exact) mass is 293 g/mol. The molecule has 2 heterocycles. The second kappa shape index (κ2) is 8.26. The fourth-order valence-corrected chi connectivity index (χ4v) is 1.59. The van der Waals surface area contributed by atoms with Gasteiger partial charge in [-0.05, 0) is 18.6 Å². The molecule has 1 aromatic rings. The van der Waals surface area contributed by atoms with Gasteiger partial charge in [0.2, 0.25) is 5.91 Å². The molecule has 102 valence electrons. The summed E-state index contributed by atoms with van der Waals surface area (Å²) in [7, 11) is 0. The van der Waals surface area contributed by atoms with E-state index in [0.717, 1.165) is 11.3 Å². The Bertz CT molecular complexity index is 384. The Labute approximate surface area is 119 Å². The van der Waals surface area contributed by atoms with Gasteiger partial charge < -0.3 is 15.4 Å². The first-order valence-corrected chi connectivity index (χ1v) is 5.29. The van der Waals surface area contributed by atoms with E-state index in [1.54, 1.807) is 12.4 Å². The smallest absolute Gasteiger partial charge is 0.243 e. The van der Waals surface area contributed by atoms with E-state index in [1.807, 2.05) is 13.0 Å². The van der Waals surface area contributed by atoms with Crippen molar-refractivity contribution in [3.8, 4) is 0 Å². The number of nitrogens with zero attached hydrogens (tertiary/aromatic N) is 1. The molecule has 1 saturated heterocycles. The number of nitrogens with one attached hydrogen (secondary N) is 2. The fraction of sp³-hybridized carbons (Fsp3) is 0.455. The maximum absolute atomic E-state index is 11.8. The minimum atomic E-state index is -0.269. The summed E-state index contributed by atoms with van der Waals surface area (Å²) in [6, 6.07) is 1.61. The fourth-order valence-electron chi connectivity index (χ4n) is 1.59. The van der Waals surface area contributed by atoms with E-state index in [4.69, 9.17) is 4.74 Å². The zero-order valence-corrected chi connectivity index (χ0v) is 11.6. The maximum atomic E-state index is 11.8. The molecule has 5 nitrogen and oxygen atoms in total. The molecule has 1 aliphatic rings. The van der Waals surface area contributed by atoms with Crippen molar-refractivity contribution in [1.29, 1.82) is 0 Å². The molecule has 0 aliphatic carbocycles. The van der Waals surface area contributed by atoms with Gasteiger partial charge in [0.15, 0.2) is 0 Å². The van der Waals surface area contributed by atoms with Gasteiger partial charge in [-0.25, -0.2) is 0 Å². The average Bonchev–Trinajstić information content (AvgIpc) is 2.30. The number of rotatable bonds is 2. The van der Waals surface area contributed by atoms with E-state index >= 15 is 0 Å². The molecule has 7 heteroatoms. The summed E-state index contributed by atoms with van der Waals surface area (Å²) >= 11 is 0. The van der Waals surface area contributed by atoms with Crippen LogP contribution >= 0.6 is 24.8 Å². The zero-order chi connectivity index (χ0) is 11.4. The average molecular weight is 294 g/mol. The Morgan fingerprint density at radius 1 is 1.50 bits per heavy atom. The topological polar surface area (TPSA) is 63.2 Å². The van der Waals surface area contributed by atoms with E-state index in [9.17, 15) is 4.79 Å². The minimum absolute atomic E-state index is 0. The van der Waals surface area contributed by atoms with Gasteiger partial charge in [0.25, 0.3) is 0 Å². The Morgan fingerprint density at radius 3 is 2.89 bits per heavy atom. The highest BCUT2D eigenvalue weighted by Crippen LogP contribution is 2.08. The summed E-state index contributed by atoms with van der Waals surface area (Å²) in [5.74, 6) is -0.0768. The first-order valence-electron chi connectivity index (χ1n) is 5.29. The number of pyridine rings is 1. The highest BCUT2D eigenvalue weighted by molar-refractivity contribution is 5.94. The molecule has 1 aliphatic heterocycles. The van der Waals surface area contributed by atoms with Crippen LogP contribution in [-0.2, 0) is 9.53 Å². The molecule has 2 N–H and O–H groups in total. The summed E-state index contributed by atoms with van der Waals surface area (Å²) in [5, 5.41) is 5.90. The van der Waals surface area contributed by atoms with E-state index in [2.05, 4.69) is 15.6 Å². The van der Waals surface area contributed by atoms with Crippen LogP contribution < -0.4 is 10.6 Å². The number of carbonyl (C=O) groups excluding carboxylic acids is 1. The van der Waals surface area contributed by atoms with Gasteiger partial charge in [-0.3, -0.25) is 9.78 Å². The third-order valence-electron chi connectivity index (χ3n) is 2.38. The summed E-state index contributed by atoms with van der Waals surface area (Å²) < 4.78 is 5.23. The van der Waals surface area contributed by atoms with Gasteiger partial charge in [-0.1, -0.05) is 0 Å². The van der Waals surface area contributed by atoms with Crippen molar-refractivity contribution in [2.24, 2.45) is 0 Å². The Morgan fingerprint density at radius 2 is 2.28 bits per heavy atom. The van der Waals surface area contributed by atoms with Crippen LogP contribution in [0.5, 0.6) is 0 Å². The van der Waals surface area contributed by atoms with Gasteiger partial charge in [0, 0.05) is 12.7 Å². The van der Waals surface area contributed by atoms with Crippen LogP contribution in [0.2, 0.25) is 0 Å². The van der Waals surface area contributed by atoms with E-state index in [-0.39, 0.29) is 36.8 Å². The molecule has 0 aromatic carbocycles. The minimum Gasteiger partial charge on any atom is -0.378 e. The van der Waals surface area contributed by atoms with Crippen LogP contribution in [0, 0.1) is 6.92 Å². The Hall–Kier alpha value is -0.880. The Kier molecular flexibility index (Phi) is 7.86. The van der Waals surface area contributed by atoms with Crippen LogP contribution in [0.4, 0.5) is 5.69 Å². The van der Waals surface area contributed by atoms with E-state index < -0.39 is 0 Å². The molecule has 18 heavy (non-hydrogen) atoms. The van der Waals surface area contributed by atoms with Crippen LogP contribution in [0.25, 0.3) is 0 Å². The van der Waals surface area contributed by atoms with Crippen molar-refractivity contribution in [3.63, 3.8) is 0 Å². The molecule has 0 spiro atoms. The van der Waals surface area contributed by atoms with Crippen LogP contribution in [0.3, 0.4) is 0 Å². The molecular formula is C11H17Cl2N3O2. The second-order valence-corrected chi connectivity index (χ2v) is 3.82. The summed E-state index contributed by atoms with van der Waals surface area (Å²) in [4.78, 5) is 15.8. The number of amides is 1. The highest BCUT2D eigenvalue weighted by Gasteiger charge is 2.20. The quantitative estimate of drug-likeness (QED) is 0.859. The van der Waals surface area contributed by atoms with Crippen LogP contribution in [0.1, 0.15) is 5.56 Å². The molecule has 1 aromatic heterocycles. The normalized spacial score (nSPS) is 18.2. The van der Waals surface area contributed by atoms with Crippen LogP contribution in [-0.4, -0.2) is 36.7 Å². The number of anilines is 1. The molecule has 0 saturated carbocycles. The summed E-state index contributed by atoms with van der Waals surface area (Å²) in [5.41, 5.74) is 1.74. The largest absolute Gasteiger partial charge is 0.378 e. The van der Waals surface area contributed by atoms with Gasteiger partial charge in [0.1, 0.15) is 6.04 Å². The third-order valence-corrected chi connectivity index (χ3v) is 2.38. The van der Waals surface area contributed by atoms with Crippen molar-refractivity contribution in [1.82, 2.24) is 10.3 Å². The van der Waals surface area contributed by atoms with Crippen molar-refractivity contribution >= 4 is 36.4 Å². The molecule has 0 bridgehead atoms. The number of ether oxygens (including phenoxy) is 1. The molecule has 1 amide bonds. The first-order chi connectivity index (χ1) is 7.75. The lowest BCUT2D eigenvalue weighted by Gasteiger charge is -2.22.